The molecule has 0 saturated heterocycles. The van der Waals surface area contributed by atoms with Crippen LogP contribution in [-0.4, -0.2) is 20.4 Å². The van der Waals surface area contributed by atoms with E-state index in [-0.39, 0.29) is 5.84 Å². The van der Waals surface area contributed by atoms with Gasteiger partial charge < -0.3 is 5.73 Å². The molecule has 5 heteroatoms. The van der Waals surface area contributed by atoms with Gasteiger partial charge in [-0.3, -0.25) is 5.41 Å². The Kier molecular flexibility index (Phi) is 1.92. The van der Waals surface area contributed by atoms with Crippen LogP contribution in [-0.2, 0) is 6.42 Å². The van der Waals surface area contributed by atoms with Gasteiger partial charge in [0.05, 0.1) is 0 Å². The molecule has 2 heterocycles. The van der Waals surface area contributed by atoms with Gasteiger partial charge in [0.15, 0.2) is 11.5 Å². The first kappa shape index (κ1) is 8.68. The number of fused-ring (bicyclic) bond motifs is 1. The molecule has 0 spiro atoms. The van der Waals surface area contributed by atoms with E-state index in [1.165, 1.54) is 0 Å². The maximum absolute atomic E-state index is 7.28. The van der Waals surface area contributed by atoms with Gasteiger partial charge in [-0.15, -0.1) is 0 Å². The third kappa shape index (κ3) is 1.32. The fourth-order valence-corrected chi connectivity index (χ4v) is 1.24. The smallest absolute Gasteiger partial charge is 0.156 e. The number of hydrogen-bond acceptors (Lipinski definition) is 3. The second-order valence-corrected chi connectivity index (χ2v) is 3.01. The van der Waals surface area contributed by atoms with Gasteiger partial charge in [-0.1, -0.05) is 6.92 Å². The molecule has 5 nitrogen and oxygen atoms in total. The van der Waals surface area contributed by atoms with Crippen LogP contribution in [0.4, 0.5) is 0 Å². The van der Waals surface area contributed by atoms with E-state index >= 15 is 0 Å². The Bertz CT molecular complexity index is 485. The highest BCUT2D eigenvalue weighted by Crippen LogP contribution is 2.05. The highest BCUT2D eigenvalue weighted by Gasteiger charge is 2.03. The molecule has 14 heavy (non-hydrogen) atoms. The number of hydrogen-bond donors (Lipinski definition) is 2. The van der Waals surface area contributed by atoms with Crippen molar-refractivity contribution in [3.8, 4) is 0 Å². The van der Waals surface area contributed by atoms with Crippen LogP contribution in [0.3, 0.4) is 0 Å². The quantitative estimate of drug-likeness (QED) is 0.535. The van der Waals surface area contributed by atoms with Crippen molar-refractivity contribution in [3.63, 3.8) is 0 Å². The van der Waals surface area contributed by atoms with Crippen molar-refractivity contribution >= 4 is 11.5 Å². The Balaban J connectivity index is 2.59. The van der Waals surface area contributed by atoms with E-state index in [4.69, 9.17) is 11.1 Å². The summed E-state index contributed by atoms with van der Waals surface area (Å²) < 4.78 is 1.69. The fourth-order valence-electron chi connectivity index (χ4n) is 1.24. The molecule has 0 aliphatic carbocycles. The number of aromatic nitrogens is 3. The summed E-state index contributed by atoms with van der Waals surface area (Å²) >= 11 is 0. The molecule has 0 aliphatic heterocycles. The van der Waals surface area contributed by atoms with Gasteiger partial charge in [0.25, 0.3) is 0 Å². The average Bonchev–Trinajstić information content (AvgIpc) is 2.58. The molecule has 0 saturated carbocycles. The third-order valence-corrected chi connectivity index (χ3v) is 2.01. The largest absolute Gasteiger partial charge is 0.384 e. The summed E-state index contributed by atoms with van der Waals surface area (Å²) in [5.41, 5.74) is 6.77. The summed E-state index contributed by atoms with van der Waals surface area (Å²) in [6, 6.07) is 3.51. The molecule has 0 aromatic carbocycles. The number of nitrogens with zero attached hydrogens (tertiary/aromatic N) is 3. The predicted octanol–water partition coefficient (Wildman–Crippen LogP) is 0.576. The molecule has 2 rings (SSSR count). The standard InChI is InChI=1S/C9H11N5/c1-2-7-12-8-5-6(9(10)11)3-4-14(8)13-7/h3-5H,2H2,1H3,(H3,10,11). The molecule has 0 atom stereocenters. The van der Waals surface area contributed by atoms with Gasteiger partial charge in [-0.05, 0) is 12.1 Å². The van der Waals surface area contributed by atoms with E-state index < -0.39 is 0 Å². The van der Waals surface area contributed by atoms with Crippen molar-refractivity contribution in [2.75, 3.05) is 0 Å². The van der Waals surface area contributed by atoms with Crippen molar-refractivity contribution in [2.45, 2.75) is 13.3 Å². The number of aryl methyl sites for hydroxylation is 1. The van der Waals surface area contributed by atoms with Gasteiger partial charge in [-0.25, -0.2) is 9.50 Å². The summed E-state index contributed by atoms with van der Waals surface area (Å²) in [5.74, 6) is 0.847. The molecule has 0 unspecified atom stereocenters. The van der Waals surface area contributed by atoms with Crippen molar-refractivity contribution in [3.05, 3.63) is 29.7 Å². The molecule has 0 radical (unpaired) electrons. The molecule has 2 aromatic rings. The molecular formula is C9H11N5. The second-order valence-electron chi connectivity index (χ2n) is 3.01. The van der Waals surface area contributed by atoms with Crippen molar-refractivity contribution in [1.82, 2.24) is 14.6 Å². The first-order valence-electron chi connectivity index (χ1n) is 4.40. The monoisotopic (exact) mass is 189 g/mol. The highest BCUT2D eigenvalue weighted by atomic mass is 15.3. The maximum atomic E-state index is 7.28. The molecule has 2 aromatic heterocycles. The normalized spacial score (nSPS) is 10.6. The second kappa shape index (κ2) is 3.10. The third-order valence-electron chi connectivity index (χ3n) is 2.01. The van der Waals surface area contributed by atoms with Crippen molar-refractivity contribution in [2.24, 2.45) is 5.73 Å². The Hall–Kier alpha value is -1.91. The number of pyridine rings is 1. The zero-order valence-corrected chi connectivity index (χ0v) is 7.86. The minimum absolute atomic E-state index is 0.0496. The van der Waals surface area contributed by atoms with Crippen LogP contribution in [0.15, 0.2) is 18.3 Å². The Labute approximate surface area is 81.1 Å². The molecule has 3 N–H and O–H groups in total. The van der Waals surface area contributed by atoms with Crippen molar-refractivity contribution in [1.29, 1.82) is 5.41 Å². The van der Waals surface area contributed by atoms with Crippen LogP contribution in [0.1, 0.15) is 18.3 Å². The van der Waals surface area contributed by atoms with E-state index in [1.807, 2.05) is 6.92 Å². The van der Waals surface area contributed by atoms with Crippen molar-refractivity contribution < 1.29 is 0 Å². The molecule has 0 aliphatic rings. The lowest BCUT2D eigenvalue weighted by Crippen LogP contribution is -2.11. The summed E-state index contributed by atoms with van der Waals surface area (Å²) in [6.45, 7) is 2.00. The van der Waals surface area contributed by atoms with Gasteiger partial charge in [0.2, 0.25) is 0 Å². The summed E-state index contributed by atoms with van der Waals surface area (Å²) in [7, 11) is 0. The maximum Gasteiger partial charge on any atom is 0.156 e. The van der Waals surface area contributed by atoms with Gasteiger partial charge >= 0.3 is 0 Å². The molecular weight excluding hydrogens is 178 g/mol. The van der Waals surface area contributed by atoms with E-state index in [1.54, 1.807) is 22.8 Å². The van der Waals surface area contributed by atoms with Crippen LogP contribution >= 0.6 is 0 Å². The SMILES string of the molecule is CCc1nc2cc(C(=N)N)ccn2n1. The minimum Gasteiger partial charge on any atom is -0.384 e. The molecule has 0 amide bonds. The van der Waals surface area contributed by atoms with E-state index in [0.29, 0.717) is 5.56 Å². The Morgan fingerprint density at radius 2 is 2.43 bits per heavy atom. The summed E-state index contributed by atoms with van der Waals surface area (Å²) in [6.07, 6.45) is 2.56. The van der Waals surface area contributed by atoms with Gasteiger partial charge in [-0.2, -0.15) is 5.10 Å². The molecule has 0 fully saturated rings. The van der Waals surface area contributed by atoms with Crippen LogP contribution in [0.25, 0.3) is 5.65 Å². The topological polar surface area (TPSA) is 80.1 Å². The first-order chi connectivity index (χ1) is 6.70. The summed E-state index contributed by atoms with van der Waals surface area (Å²) in [5, 5.41) is 11.5. The number of rotatable bonds is 2. The zero-order valence-electron chi connectivity index (χ0n) is 7.86. The van der Waals surface area contributed by atoms with Gasteiger partial charge in [0.1, 0.15) is 5.84 Å². The number of nitrogens with one attached hydrogen (secondary N) is 1. The van der Waals surface area contributed by atoms with Crippen LogP contribution in [0, 0.1) is 5.41 Å². The van der Waals surface area contributed by atoms with Gasteiger partial charge in [0, 0.05) is 18.2 Å². The Morgan fingerprint density at radius 1 is 1.64 bits per heavy atom. The van der Waals surface area contributed by atoms with E-state index in [0.717, 1.165) is 17.9 Å². The predicted molar refractivity (Wildman–Crippen MR) is 53.4 cm³/mol. The molecule has 0 bridgehead atoms. The average molecular weight is 189 g/mol. The first-order valence-corrected chi connectivity index (χ1v) is 4.40. The van der Waals surface area contributed by atoms with E-state index in [2.05, 4.69) is 10.1 Å². The van der Waals surface area contributed by atoms with Crippen LogP contribution in [0.5, 0.6) is 0 Å². The number of amidine groups is 1. The zero-order chi connectivity index (χ0) is 10.1. The fraction of sp³-hybridized carbons (Fsp3) is 0.222. The van der Waals surface area contributed by atoms with Crippen LogP contribution < -0.4 is 5.73 Å². The van der Waals surface area contributed by atoms with Crippen LogP contribution in [0.2, 0.25) is 0 Å². The number of nitrogens with two attached hydrogens (primary N) is 1. The van der Waals surface area contributed by atoms with E-state index in [9.17, 15) is 0 Å². The lowest BCUT2D eigenvalue weighted by Gasteiger charge is -1.96. The molecule has 72 valence electrons. The lowest BCUT2D eigenvalue weighted by atomic mass is 10.2. The summed E-state index contributed by atoms with van der Waals surface area (Å²) in [4.78, 5) is 4.27. The lowest BCUT2D eigenvalue weighted by molar-refractivity contribution is 0.885. The minimum atomic E-state index is 0.0496. The number of nitrogen functional groups attached to an aromatic ring is 1. The Morgan fingerprint density at radius 3 is 3.07 bits per heavy atom. The highest BCUT2D eigenvalue weighted by molar-refractivity contribution is 5.95.